The van der Waals surface area contributed by atoms with Crippen molar-refractivity contribution >= 4 is 37.3 Å². The van der Waals surface area contributed by atoms with Crippen molar-refractivity contribution in [3.8, 4) is 0 Å². The lowest BCUT2D eigenvalue weighted by atomic mass is 10.2. The highest BCUT2D eigenvalue weighted by atomic mass is 35.7. The zero-order valence-electron chi connectivity index (χ0n) is 9.71. The van der Waals surface area contributed by atoms with Gasteiger partial charge in [0.2, 0.25) is 0 Å². The zero-order chi connectivity index (χ0) is 15.0. The fraction of sp³-hybridized carbons (Fsp3) is 0.300. The number of hydrogen-bond donors (Lipinski definition) is 0. The summed E-state index contributed by atoms with van der Waals surface area (Å²) in [5, 5.41) is -0.820. The van der Waals surface area contributed by atoms with Gasteiger partial charge in [-0.15, -0.1) is 0 Å². The fourth-order valence-corrected chi connectivity index (χ4v) is 2.93. The smallest absolute Gasteiger partial charge is 0.340 e. The molecule has 0 heterocycles. The second kappa shape index (κ2) is 5.60. The van der Waals surface area contributed by atoms with E-state index in [1.165, 1.54) is 13.8 Å². The summed E-state index contributed by atoms with van der Waals surface area (Å²) >= 11 is 5.58. The fourth-order valence-electron chi connectivity index (χ4n) is 1.22. The minimum Gasteiger partial charge on any atom is -0.459 e. The topological polar surface area (TPSA) is 60.4 Å². The summed E-state index contributed by atoms with van der Waals surface area (Å²) in [7, 11) is 0.299. The van der Waals surface area contributed by atoms with E-state index in [4.69, 9.17) is 27.0 Å². The van der Waals surface area contributed by atoms with E-state index in [1.54, 1.807) is 0 Å². The third-order valence-electron chi connectivity index (χ3n) is 1.92. The van der Waals surface area contributed by atoms with Crippen molar-refractivity contribution in [3.05, 3.63) is 28.3 Å². The van der Waals surface area contributed by atoms with Gasteiger partial charge in [-0.3, -0.25) is 0 Å². The van der Waals surface area contributed by atoms with E-state index in [-0.39, 0.29) is 0 Å². The summed E-state index contributed by atoms with van der Waals surface area (Å²) in [6, 6.07) is 0.452. The molecule has 0 fully saturated rings. The molecule has 106 valence electrons. The van der Waals surface area contributed by atoms with Crippen LogP contribution in [-0.2, 0) is 13.8 Å². The number of ether oxygens (including phenoxy) is 1. The van der Waals surface area contributed by atoms with Crippen molar-refractivity contribution in [2.75, 3.05) is 0 Å². The van der Waals surface area contributed by atoms with Crippen LogP contribution in [-0.4, -0.2) is 20.5 Å². The molecule has 4 nitrogen and oxygen atoms in total. The standard InChI is InChI=1S/C10H8Cl2F2O4S/c1-4(2)18-10(15)5-3-6(13)8(14)9(7(5)11)19(12,16)17/h3-4H,1-2H3. The third kappa shape index (κ3) is 3.55. The summed E-state index contributed by atoms with van der Waals surface area (Å²) < 4.78 is 53.7. The minimum atomic E-state index is -4.65. The Morgan fingerprint density at radius 1 is 1.37 bits per heavy atom. The molecular formula is C10H8Cl2F2O4S. The van der Waals surface area contributed by atoms with Gasteiger partial charge in [-0.05, 0) is 19.9 Å². The Morgan fingerprint density at radius 3 is 2.32 bits per heavy atom. The van der Waals surface area contributed by atoms with Crippen molar-refractivity contribution in [1.82, 2.24) is 0 Å². The van der Waals surface area contributed by atoms with Crippen LogP contribution in [0.2, 0.25) is 5.02 Å². The van der Waals surface area contributed by atoms with Crippen LogP contribution in [0.15, 0.2) is 11.0 Å². The first kappa shape index (κ1) is 16.1. The zero-order valence-corrected chi connectivity index (χ0v) is 12.0. The lowest BCUT2D eigenvalue weighted by molar-refractivity contribution is 0.0377. The van der Waals surface area contributed by atoms with Gasteiger partial charge < -0.3 is 4.74 Å². The molecule has 0 atom stereocenters. The Bertz CT molecular complexity index is 629. The molecule has 0 amide bonds. The van der Waals surface area contributed by atoms with Gasteiger partial charge >= 0.3 is 5.97 Å². The number of halogens is 4. The second-order valence-electron chi connectivity index (χ2n) is 3.75. The molecule has 1 aromatic rings. The van der Waals surface area contributed by atoms with Crippen LogP contribution < -0.4 is 0 Å². The summed E-state index contributed by atoms with van der Waals surface area (Å²) in [5.41, 5.74) is -0.617. The predicted octanol–water partition coefficient (Wildman–Crippen LogP) is 3.11. The van der Waals surface area contributed by atoms with Crippen LogP contribution in [0, 0.1) is 11.6 Å². The lowest BCUT2D eigenvalue weighted by Gasteiger charge is -2.11. The first-order valence-corrected chi connectivity index (χ1v) is 7.57. The van der Waals surface area contributed by atoms with Crippen LogP contribution >= 0.6 is 22.3 Å². The Morgan fingerprint density at radius 2 is 1.89 bits per heavy atom. The number of hydrogen-bond acceptors (Lipinski definition) is 4. The average Bonchev–Trinajstić information content (AvgIpc) is 2.20. The summed E-state index contributed by atoms with van der Waals surface area (Å²) in [4.78, 5) is 10.3. The molecule has 0 aliphatic heterocycles. The maximum atomic E-state index is 13.4. The van der Waals surface area contributed by atoms with Gasteiger partial charge in [0.15, 0.2) is 11.6 Å². The second-order valence-corrected chi connectivity index (χ2v) is 6.64. The molecule has 0 radical (unpaired) electrons. The van der Waals surface area contributed by atoms with Crippen molar-refractivity contribution in [2.45, 2.75) is 24.8 Å². The summed E-state index contributed by atoms with van der Waals surface area (Å²) in [5.74, 6) is -4.40. The van der Waals surface area contributed by atoms with Gasteiger partial charge in [0.1, 0.15) is 4.90 Å². The molecule has 0 spiro atoms. The largest absolute Gasteiger partial charge is 0.459 e. The van der Waals surface area contributed by atoms with Crippen molar-refractivity contribution in [2.24, 2.45) is 0 Å². The Labute approximate surface area is 117 Å². The van der Waals surface area contributed by atoms with Gasteiger partial charge in [0, 0.05) is 10.7 Å². The lowest BCUT2D eigenvalue weighted by Crippen LogP contribution is -2.14. The van der Waals surface area contributed by atoms with Gasteiger partial charge in [0.05, 0.1) is 16.7 Å². The van der Waals surface area contributed by atoms with Crippen LogP contribution in [0.25, 0.3) is 0 Å². The summed E-state index contributed by atoms with van der Waals surface area (Å²) in [6.07, 6.45) is -0.548. The molecule has 1 aromatic carbocycles. The number of rotatable bonds is 3. The quantitative estimate of drug-likeness (QED) is 0.484. The number of carbonyl (C=O) groups is 1. The Hall–Kier alpha value is -0.920. The number of esters is 1. The minimum absolute atomic E-state index is 0.452. The highest BCUT2D eigenvalue weighted by Gasteiger charge is 2.29. The van der Waals surface area contributed by atoms with Crippen molar-refractivity contribution in [3.63, 3.8) is 0 Å². The third-order valence-corrected chi connectivity index (χ3v) is 3.76. The Kier molecular flexibility index (Phi) is 4.76. The van der Waals surface area contributed by atoms with Gasteiger partial charge in [-0.1, -0.05) is 11.6 Å². The molecule has 0 bridgehead atoms. The van der Waals surface area contributed by atoms with E-state index in [1.807, 2.05) is 0 Å². The van der Waals surface area contributed by atoms with Crippen LogP contribution in [0.1, 0.15) is 24.2 Å². The maximum Gasteiger partial charge on any atom is 0.340 e. The molecule has 0 saturated heterocycles. The molecule has 19 heavy (non-hydrogen) atoms. The van der Waals surface area contributed by atoms with E-state index in [0.29, 0.717) is 6.07 Å². The van der Waals surface area contributed by atoms with Gasteiger partial charge in [-0.25, -0.2) is 22.0 Å². The number of benzene rings is 1. The molecule has 0 N–H and O–H groups in total. The van der Waals surface area contributed by atoms with Crippen molar-refractivity contribution in [1.29, 1.82) is 0 Å². The molecule has 0 saturated carbocycles. The average molecular weight is 333 g/mol. The first-order valence-electron chi connectivity index (χ1n) is 4.88. The molecule has 0 aliphatic rings. The molecule has 1 rings (SSSR count). The van der Waals surface area contributed by atoms with Crippen LogP contribution in [0.3, 0.4) is 0 Å². The van der Waals surface area contributed by atoms with E-state index in [2.05, 4.69) is 0 Å². The van der Waals surface area contributed by atoms with Gasteiger partial charge in [-0.2, -0.15) is 0 Å². The normalized spacial score (nSPS) is 11.7. The van der Waals surface area contributed by atoms with E-state index < -0.39 is 48.2 Å². The van der Waals surface area contributed by atoms with E-state index in [0.717, 1.165) is 0 Å². The summed E-state index contributed by atoms with van der Waals surface area (Å²) in [6.45, 7) is 3.04. The first-order chi connectivity index (χ1) is 8.55. The van der Waals surface area contributed by atoms with E-state index in [9.17, 15) is 22.0 Å². The SMILES string of the molecule is CC(C)OC(=O)c1cc(F)c(F)c(S(=O)(=O)Cl)c1Cl. The van der Waals surface area contributed by atoms with Gasteiger partial charge in [0.25, 0.3) is 9.05 Å². The van der Waals surface area contributed by atoms with Crippen molar-refractivity contribution < 1.29 is 26.7 Å². The molecule has 0 aromatic heterocycles. The molecule has 0 unspecified atom stereocenters. The predicted molar refractivity (Wildman–Crippen MR) is 65.0 cm³/mol. The Balaban J connectivity index is 3.54. The maximum absolute atomic E-state index is 13.4. The monoisotopic (exact) mass is 332 g/mol. The van der Waals surface area contributed by atoms with E-state index >= 15 is 0 Å². The molecular weight excluding hydrogens is 325 g/mol. The highest BCUT2D eigenvalue weighted by Crippen LogP contribution is 2.32. The van der Waals surface area contributed by atoms with Crippen LogP contribution in [0.5, 0.6) is 0 Å². The highest BCUT2D eigenvalue weighted by molar-refractivity contribution is 8.13. The van der Waals surface area contributed by atoms with Crippen LogP contribution in [0.4, 0.5) is 8.78 Å². The molecule has 0 aliphatic carbocycles. The number of carbonyl (C=O) groups excluding carboxylic acids is 1. The molecule has 9 heteroatoms.